The fourth-order valence-corrected chi connectivity index (χ4v) is 5.21. The highest BCUT2D eigenvalue weighted by Gasteiger charge is 2.29. The van der Waals surface area contributed by atoms with Gasteiger partial charge in [0.05, 0.1) is 38.3 Å². The molecule has 218 valence electrons. The third kappa shape index (κ3) is 7.22. The largest absolute Gasteiger partial charge is 0.496 e. The van der Waals surface area contributed by atoms with Crippen LogP contribution in [-0.2, 0) is 14.3 Å². The van der Waals surface area contributed by atoms with Crippen LogP contribution in [0.3, 0.4) is 0 Å². The molecule has 11 heteroatoms. The van der Waals surface area contributed by atoms with Gasteiger partial charge in [-0.3, -0.25) is 14.4 Å². The van der Waals surface area contributed by atoms with Crippen molar-refractivity contribution in [2.45, 2.75) is 44.6 Å². The lowest BCUT2D eigenvalue weighted by atomic mass is 9.82. The monoisotopic (exact) mass is 566 g/mol. The molecule has 1 aliphatic rings. The second-order valence-electron chi connectivity index (χ2n) is 9.88. The number of esters is 1. The van der Waals surface area contributed by atoms with Crippen molar-refractivity contribution in [3.63, 3.8) is 0 Å². The fraction of sp³-hybridized carbons (Fsp3) is 0.400. The van der Waals surface area contributed by atoms with Crippen molar-refractivity contribution in [2.75, 3.05) is 27.9 Å². The molecule has 1 atom stereocenters. The van der Waals surface area contributed by atoms with Crippen molar-refractivity contribution in [2.24, 2.45) is 5.92 Å². The first kappa shape index (κ1) is 29.6. The van der Waals surface area contributed by atoms with Gasteiger partial charge in [-0.2, -0.15) is 5.10 Å². The van der Waals surface area contributed by atoms with Crippen LogP contribution in [0.2, 0.25) is 0 Å². The Balaban J connectivity index is 1.69. The summed E-state index contributed by atoms with van der Waals surface area (Å²) in [7, 11) is 4.29. The molecule has 1 aliphatic carbocycles. The lowest BCUT2D eigenvalue weighted by Crippen LogP contribution is -2.45. The van der Waals surface area contributed by atoms with Crippen molar-refractivity contribution in [3.05, 3.63) is 60.0 Å². The summed E-state index contributed by atoms with van der Waals surface area (Å²) in [6, 6.07) is 12.3. The minimum atomic E-state index is -0.557. The van der Waals surface area contributed by atoms with E-state index < -0.39 is 23.7 Å². The van der Waals surface area contributed by atoms with E-state index in [9.17, 15) is 18.8 Å². The summed E-state index contributed by atoms with van der Waals surface area (Å²) in [5.41, 5.74) is 1.48. The molecule has 2 amide bonds. The standard InChI is InChI=1S/C30H35FN4O6/c1-39-25-13-8-14-26(40-2)29(25)24-16-23(34-35(24)21-12-7-11-20(31)15-21)30(38)33-22(19-9-5-4-6-10-19)17-27(36)32-18-28(37)41-3/h7-8,11-16,19,22H,4-6,9-10,17-18H2,1-3H3,(H,32,36)(H,33,38). The minimum Gasteiger partial charge on any atom is -0.496 e. The number of nitrogens with zero attached hydrogens (tertiary/aromatic N) is 2. The van der Waals surface area contributed by atoms with Crippen LogP contribution in [0.4, 0.5) is 4.39 Å². The van der Waals surface area contributed by atoms with E-state index in [-0.39, 0.29) is 30.5 Å². The Hall–Kier alpha value is -4.41. The van der Waals surface area contributed by atoms with Gasteiger partial charge in [-0.25, -0.2) is 9.07 Å². The maximum atomic E-state index is 14.2. The van der Waals surface area contributed by atoms with Crippen LogP contribution < -0.4 is 20.1 Å². The Kier molecular flexibility index (Phi) is 9.94. The van der Waals surface area contributed by atoms with Crippen molar-refractivity contribution < 1.29 is 33.0 Å². The first-order chi connectivity index (χ1) is 19.8. The molecule has 1 unspecified atom stereocenters. The Bertz CT molecular complexity index is 1360. The van der Waals surface area contributed by atoms with E-state index >= 15 is 0 Å². The normalized spacial score (nSPS) is 14.1. The predicted molar refractivity (Wildman–Crippen MR) is 150 cm³/mol. The maximum absolute atomic E-state index is 14.2. The van der Waals surface area contributed by atoms with E-state index in [1.807, 2.05) is 0 Å². The first-order valence-electron chi connectivity index (χ1n) is 13.6. The summed E-state index contributed by atoms with van der Waals surface area (Å²) < 4.78 is 31.5. The fourth-order valence-electron chi connectivity index (χ4n) is 5.21. The Labute approximate surface area is 238 Å². The van der Waals surface area contributed by atoms with Crippen LogP contribution >= 0.6 is 0 Å². The van der Waals surface area contributed by atoms with Gasteiger partial charge in [0.15, 0.2) is 5.69 Å². The van der Waals surface area contributed by atoms with Crippen LogP contribution in [0, 0.1) is 11.7 Å². The van der Waals surface area contributed by atoms with Gasteiger partial charge in [0.2, 0.25) is 5.91 Å². The number of ether oxygens (including phenoxy) is 3. The van der Waals surface area contributed by atoms with E-state index in [4.69, 9.17) is 9.47 Å². The third-order valence-corrected chi connectivity index (χ3v) is 7.28. The van der Waals surface area contributed by atoms with E-state index in [1.165, 1.54) is 38.1 Å². The summed E-state index contributed by atoms with van der Waals surface area (Å²) in [4.78, 5) is 37.8. The molecule has 1 fully saturated rings. The molecule has 0 bridgehead atoms. The van der Waals surface area contributed by atoms with E-state index in [0.29, 0.717) is 28.4 Å². The number of carbonyl (C=O) groups is 3. The van der Waals surface area contributed by atoms with Gasteiger partial charge in [0.25, 0.3) is 5.91 Å². The minimum absolute atomic E-state index is 0.00515. The number of halogens is 1. The van der Waals surface area contributed by atoms with Gasteiger partial charge in [-0.15, -0.1) is 0 Å². The number of hydrogen-bond acceptors (Lipinski definition) is 7. The molecule has 2 aromatic carbocycles. The highest BCUT2D eigenvalue weighted by molar-refractivity contribution is 5.95. The second kappa shape index (κ2) is 13.8. The van der Waals surface area contributed by atoms with Gasteiger partial charge in [0, 0.05) is 12.5 Å². The molecular weight excluding hydrogens is 531 g/mol. The number of benzene rings is 2. The molecular formula is C30H35FN4O6. The van der Waals surface area contributed by atoms with Crippen molar-refractivity contribution in [1.82, 2.24) is 20.4 Å². The van der Waals surface area contributed by atoms with Gasteiger partial charge < -0.3 is 24.8 Å². The second-order valence-corrected chi connectivity index (χ2v) is 9.88. The van der Waals surface area contributed by atoms with Crippen LogP contribution in [-0.4, -0.2) is 61.5 Å². The van der Waals surface area contributed by atoms with Crippen LogP contribution in [0.15, 0.2) is 48.5 Å². The molecule has 1 aromatic heterocycles. The summed E-state index contributed by atoms with van der Waals surface area (Å²) in [5, 5.41) is 10.1. The van der Waals surface area contributed by atoms with E-state index in [1.54, 1.807) is 36.4 Å². The molecule has 0 aliphatic heterocycles. The van der Waals surface area contributed by atoms with Gasteiger partial charge in [-0.05, 0) is 55.2 Å². The lowest BCUT2D eigenvalue weighted by Gasteiger charge is -2.30. The summed E-state index contributed by atoms with van der Waals surface area (Å²) in [5.74, 6) is -0.804. The number of nitrogens with one attached hydrogen (secondary N) is 2. The summed E-state index contributed by atoms with van der Waals surface area (Å²) >= 11 is 0. The van der Waals surface area contributed by atoms with E-state index in [0.717, 1.165) is 32.1 Å². The van der Waals surface area contributed by atoms with Gasteiger partial charge >= 0.3 is 5.97 Å². The molecule has 0 spiro atoms. The predicted octanol–water partition coefficient (Wildman–Crippen LogP) is 4.05. The highest BCUT2D eigenvalue weighted by atomic mass is 19.1. The number of aromatic nitrogens is 2. The maximum Gasteiger partial charge on any atom is 0.325 e. The summed E-state index contributed by atoms with van der Waals surface area (Å²) in [6.07, 6.45) is 4.87. The number of carbonyl (C=O) groups excluding carboxylic acids is 3. The summed E-state index contributed by atoms with van der Waals surface area (Å²) in [6.45, 7) is -0.247. The zero-order chi connectivity index (χ0) is 29.4. The molecule has 0 saturated heterocycles. The Morgan fingerprint density at radius 2 is 1.68 bits per heavy atom. The lowest BCUT2D eigenvalue weighted by molar-refractivity contribution is -0.141. The molecule has 10 nitrogen and oxygen atoms in total. The Morgan fingerprint density at radius 3 is 2.32 bits per heavy atom. The SMILES string of the molecule is COC(=O)CNC(=O)CC(NC(=O)c1cc(-c2c(OC)cccc2OC)n(-c2cccc(F)c2)n1)C1CCCCC1. The number of methoxy groups -OCH3 is 3. The van der Waals surface area contributed by atoms with Crippen molar-refractivity contribution >= 4 is 17.8 Å². The third-order valence-electron chi connectivity index (χ3n) is 7.28. The van der Waals surface area contributed by atoms with Crippen LogP contribution in [0.5, 0.6) is 11.5 Å². The average molecular weight is 567 g/mol. The zero-order valence-corrected chi connectivity index (χ0v) is 23.4. The molecule has 41 heavy (non-hydrogen) atoms. The molecule has 2 N–H and O–H groups in total. The smallest absolute Gasteiger partial charge is 0.325 e. The number of hydrogen-bond donors (Lipinski definition) is 2. The molecule has 1 heterocycles. The van der Waals surface area contributed by atoms with Crippen molar-refractivity contribution in [3.8, 4) is 28.4 Å². The van der Waals surface area contributed by atoms with Gasteiger partial charge in [-0.1, -0.05) is 31.4 Å². The van der Waals surface area contributed by atoms with Crippen LogP contribution in [0.25, 0.3) is 16.9 Å². The van der Waals surface area contributed by atoms with E-state index in [2.05, 4.69) is 20.5 Å². The highest BCUT2D eigenvalue weighted by Crippen LogP contribution is 2.39. The molecule has 0 radical (unpaired) electrons. The zero-order valence-electron chi connectivity index (χ0n) is 23.4. The van der Waals surface area contributed by atoms with Crippen LogP contribution in [0.1, 0.15) is 49.0 Å². The molecule has 1 saturated carbocycles. The number of amides is 2. The topological polar surface area (TPSA) is 121 Å². The number of rotatable bonds is 11. The van der Waals surface area contributed by atoms with Gasteiger partial charge in [0.1, 0.15) is 23.9 Å². The Morgan fingerprint density at radius 1 is 1.00 bits per heavy atom. The van der Waals surface area contributed by atoms with Crippen molar-refractivity contribution in [1.29, 1.82) is 0 Å². The molecule has 3 aromatic rings. The molecule has 4 rings (SSSR count). The average Bonchev–Trinajstić information content (AvgIpc) is 3.44. The quantitative estimate of drug-likeness (QED) is 0.336. The first-order valence-corrected chi connectivity index (χ1v) is 13.6.